The summed E-state index contributed by atoms with van der Waals surface area (Å²) < 4.78 is 3.49. The monoisotopic (exact) mass is 518 g/mol. The van der Waals surface area contributed by atoms with Crippen molar-refractivity contribution in [1.82, 2.24) is 24.5 Å². The minimum atomic E-state index is -0.202. The lowest BCUT2D eigenvalue weighted by Crippen LogP contribution is -2.20. The molecule has 1 amide bonds. The van der Waals surface area contributed by atoms with E-state index in [1.807, 2.05) is 61.9 Å². The fraction of sp³-hybridized carbons (Fsp3) is 0.185. The van der Waals surface area contributed by atoms with E-state index in [0.29, 0.717) is 27.9 Å². The SMILES string of the molecule is Cc1nn(Cc2ccc(Cl)c(Cl)c2)c(C)c1NC(=O)Cn1nc(C)c2c(-c3ccccc3)ccnc21. The lowest BCUT2D eigenvalue weighted by atomic mass is 10.0. The average Bonchev–Trinajstić information content (AvgIpc) is 3.32. The van der Waals surface area contributed by atoms with Gasteiger partial charge >= 0.3 is 0 Å². The molecule has 2 aromatic carbocycles. The van der Waals surface area contributed by atoms with Crippen LogP contribution in [0.3, 0.4) is 0 Å². The van der Waals surface area contributed by atoms with Crippen LogP contribution in [0, 0.1) is 20.8 Å². The summed E-state index contributed by atoms with van der Waals surface area (Å²) in [5.41, 5.74) is 6.85. The minimum Gasteiger partial charge on any atom is -0.321 e. The molecule has 0 bridgehead atoms. The van der Waals surface area contributed by atoms with Crippen molar-refractivity contribution in [3.05, 3.63) is 93.5 Å². The number of aryl methyl sites for hydroxylation is 2. The Morgan fingerprint density at radius 2 is 1.67 bits per heavy atom. The van der Waals surface area contributed by atoms with Crippen molar-refractivity contribution < 1.29 is 4.79 Å². The van der Waals surface area contributed by atoms with Crippen LogP contribution in [-0.2, 0) is 17.9 Å². The summed E-state index contributed by atoms with van der Waals surface area (Å²) in [6, 6.07) is 17.6. The normalized spacial score (nSPS) is 11.2. The molecule has 0 saturated heterocycles. The lowest BCUT2D eigenvalue weighted by Gasteiger charge is -2.09. The molecular formula is C27H24Cl2N6O. The molecule has 9 heteroatoms. The first kappa shape index (κ1) is 24.0. The van der Waals surface area contributed by atoms with Crippen molar-refractivity contribution in [2.45, 2.75) is 33.9 Å². The Balaban J connectivity index is 1.38. The summed E-state index contributed by atoms with van der Waals surface area (Å²) in [6.07, 6.45) is 1.75. The van der Waals surface area contributed by atoms with Crippen LogP contribution in [0.5, 0.6) is 0 Å². The summed E-state index contributed by atoms with van der Waals surface area (Å²) in [7, 11) is 0. The largest absolute Gasteiger partial charge is 0.321 e. The van der Waals surface area contributed by atoms with E-state index in [1.165, 1.54) is 0 Å². The number of amides is 1. The molecular weight excluding hydrogens is 495 g/mol. The van der Waals surface area contributed by atoms with Gasteiger partial charge in [0, 0.05) is 11.6 Å². The molecule has 7 nitrogen and oxygen atoms in total. The Bertz CT molecular complexity index is 1590. The average molecular weight is 519 g/mol. The van der Waals surface area contributed by atoms with Crippen molar-refractivity contribution in [3.63, 3.8) is 0 Å². The number of carbonyl (C=O) groups is 1. The fourth-order valence-electron chi connectivity index (χ4n) is 4.41. The van der Waals surface area contributed by atoms with Gasteiger partial charge in [-0.2, -0.15) is 10.2 Å². The van der Waals surface area contributed by atoms with Gasteiger partial charge in [-0.1, -0.05) is 59.6 Å². The van der Waals surface area contributed by atoms with Gasteiger partial charge in [0.1, 0.15) is 6.54 Å². The summed E-state index contributed by atoms with van der Waals surface area (Å²) in [4.78, 5) is 17.6. The molecule has 1 N–H and O–H groups in total. The number of nitrogens with one attached hydrogen (secondary N) is 1. The molecule has 5 aromatic rings. The van der Waals surface area contributed by atoms with E-state index in [-0.39, 0.29) is 12.5 Å². The number of aromatic nitrogens is 5. The van der Waals surface area contributed by atoms with Crippen molar-refractivity contribution in [2.24, 2.45) is 0 Å². The summed E-state index contributed by atoms with van der Waals surface area (Å²) >= 11 is 12.2. The number of fused-ring (bicyclic) bond motifs is 1. The first-order valence-electron chi connectivity index (χ1n) is 11.5. The van der Waals surface area contributed by atoms with Gasteiger partial charge in [0.05, 0.1) is 39.4 Å². The number of halogens is 2. The van der Waals surface area contributed by atoms with E-state index in [1.54, 1.807) is 16.9 Å². The Labute approximate surface area is 218 Å². The molecule has 0 aliphatic heterocycles. The molecule has 182 valence electrons. The third kappa shape index (κ3) is 4.59. The third-order valence-corrected chi connectivity index (χ3v) is 6.89. The predicted octanol–water partition coefficient (Wildman–Crippen LogP) is 6.21. The molecule has 0 fully saturated rings. The van der Waals surface area contributed by atoms with Gasteiger partial charge < -0.3 is 5.32 Å². The molecule has 0 aliphatic carbocycles. The van der Waals surface area contributed by atoms with Gasteiger partial charge in [-0.05, 0) is 55.7 Å². The standard InChI is InChI=1S/C27H24Cl2N6O/c1-16-25-21(20-7-5-4-6-8-20)11-12-30-27(25)35(32-16)15-24(36)31-26-17(2)33-34(18(26)3)14-19-9-10-22(28)23(29)13-19/h4-13H,14-15H2,1-3H3,(H,31,36). The van der Waals surface area contributed by atoms with E-state index in [9.17, 15) is 4.79 Å². The molecule has 0 radical (unpaired) electrons. The Morgan fingerprint density at radius 1 is 0.917 bits per heavy atom. The van der Waals surface area contributed by atoms with E-state index >= 15 is 0 Å². The number of hydrogen-bond donors (Lipinski definition) is 1. The number of hydrogen-bond acceptors (Lipinski definition) is 4. The highest BCUT2D eigenvalue weighted by molar-refractivity contribution is 6.42. The van der Waals surface area contributed by atoms with Crippen molar-refractivity contribution in [1.29, 1.82) is 0 Å². The Hall–Kier alpha value is -3.68. The van der Waals surface area contributed by atoms with Crippen LogP contribution >= 0.6 is 23.2 Å². The van der Waals surface area contributed by atoms with E-state index < -0.39 is 0 Å². The number of rotatable bonds is 6. The second-order valence-corrected chi connectivity index (χ2v) is 9.48. The zero-order chi connectivity index (χ0) is 25.4. The molecule has 36 heavy (non-hydrogen) atoms. The highest BCUT2D eigenvalue weighted by Crippen LogP contribution is 2.30. The third-order valence-electron chi connectivity index (χ3n) is 6.15. The summed E-state index contributed by atoms with van der Waals surface area (Å²) in [5, 5.41) is 14.2. The predicted molar refractivity (Wildman–Crippen MR) is 144 cm³/mol. The Kier molecular flexibility index (Phi) is 6.51. The van der Waals surface area contributed by atoms with Gasteiger partial charge in [-0.25, -0.2) is 9.67 Å². The van der Waals surface area contributed by atoms with Gasteiger partial charge in [-0.3, -0.25) is 9.48 Å². The molecule has 0 saturated carbocycles. The maximum absolute atomic E-state index is 13.1. The minimum absolute atomic E-state index is 0.0342. The second-order valence-electron chi connectivity index (χ2n) is 8.67. The van der Waals surface area contributed by atoms with Crippen LogP contribution in [0.25, 0.3) is 22.2 Å². The van der Waals surface area contributed by atoms with Crippen LogP contribution in [0.4, 0.5) is 5.69 Å². The summed E-state index contributed by atoms with van der Waals surface area (Å²) in [5.74, 6) is -0.202. The van der Waals surface area contributed by atoms with Crippen molar-refractivity contribution in [3.8, 4) is 11.1 Å². The lowest BCUT2D eigenvalue weighted by molar-refractivity contribution is -0.116. The Morgan fingerprint density at radius 3 is 2.42 bits per heavy atom. The van der Waals surface area contributed by atoms with E-state index in [0.717, 1.165) is 39.2 Å². The van der Waals surface area contributed by atoms with Crippen molar-refractivity contribution in [2.75, 3.05) is 5.32 Å². The van der Waals surface area contributed by atoms with Crippen LogP contribution in [0.2, 0.25) is 10.0 Å². The molecule has 0 atom stereocenters. The second kappa shape index (κ2) is 9.76. The molecule has 5 rings (SSSR count). The van der Waals surface area contributed by atoms with Crippen molar-refractivity contribution >= 4 is 45.8 Å². The molecule has 0 spiro atoms. The quantitative estimate of drug-likeness (QED) is 0.289. The zero-order valence-electron chi connectivity index (χ0n) is 20.1. The highest BCUT2D eigenvalue weighted by Gasteiger charge is 2.18. The van der Waals surface area contributed by atoms with Crippen LogP contribution < -0.4 is 5.32 Å². The maximum Gasteiger partial charge on any atom is 0.246 e. The fourth-order valence-corrected chi connectivity index (χ4v) is 4.73. The first-order chi connectivity index (χ1) is 17.3. The zero-order valence-corrected chi connectivity index (χ0v) is 21.6. The van der Waals surface area contributed by atoms with Crippen LogP contribution in [0.15, 0.2) is 60.8 Å². The van der Waals surface area contributed by atoms with Gasteiger partial charge in [0.15, 0.2) is 5.65 Å². The van der Waals surface area contributed by atoms with E-state index in [4.69, 9.17) is 23.2 Å². The number of carbonyl (C=O) groups excluding carboxylic acids is 1. The maximum atomic E-state index is 13.1. The number of nitrogens with zero attached hydrogens (tertiary/aromatic N) is 5. The van der Waals surface area contributed by atoms with E-state index in [2.05, 4.69) is 32.6 Å². The number of benzene rings is 2. The number of anilines is 1. The molecule has 3 aromatic heterocycles. The molecule has 3 heterocycles. The van der Waals surface area contributed by atoms with Gasteiger partial charge in [0.25, 0.3) is 0 Å². The highest BCUT2D eigenvalue weighted by atomic mass is 35.5. The van der Waals surface area contributed by atoms with Gasteiger partial charge in [0.2, 0.25) is 5.91 Å². The smallest absolute Gasteiger partial charge is 0.246 e. The number of pyridine rings is 1. The van der Waals surface area contributed by atoms with Gasteiger partial charge in [-0.15, -0.1) is 0 Å². The van der Waals surface area contributed by atoms with Crippen LogP contribution in [0.1, 0.15) is 22.6 Å². The summed E-state index contributed by atoms with van der Waals surface area (Å²) in [6.45, 7) is 6.27. The molecule has 0 aliphatic rings. The first-order valence-corrected chi connectivity index (χ1v) is 12.2. The molecule has 0 unspecified atom stereocenters. The van der Waals surface area contributed by atoms with Crippen LogP contribution in [-0.4, -0.2) is 30.5 Å². The topological polar surface area (TPSA) is 77.6 Å².